The minimum atomic E-state index is 0.217. The van der Waals surface area contributed by atoms with E-state index in [1.165, 1.54) is 64.8 Å². The van der Waals surface area contributed by atoms with E-state index in [0.29, 0.717) is 0 Å². The van der Waals surface area contributed by atoms with Crippen LogP contribution < -0.4 is 11.1 Å². The molecule has 1 unspecified atom stereocenters. The fraction of sp³-hybridized carbons (Fsp3) is 1.00. The summed E-state index contributed by atoms with van der Waals surface area (Å²) in [4.78, 5) is 4.96. The summed E-state index contributed by atoms with van der Waals surface area (Å²) >= 11 is 0. The zero-order chi connectivity index (χ0) is 11.9. The largest absolute Gasteiger partial charge is 0.315 e. The summed E-state index contributed by atoms with van der Waals surface area (Å²) in [6, 6.07) is 0. The lowest BCUT2D eigenvalue weighted by molar-refractivity contribution is 0.162. The molecule has 2 aliphatic heterocycles. The predicted molar refractivity (Wildman–Crippen MR) is 71.9 cm³/mol. The van der Waals surface area contributed by atoms with Crippen LogP contribution in [0.2, 0.25) is 0 Å². The second-order valence-corrected chi connectivity index (χ2v) is 5.42. The van der Waals surface area contributed by atoms with Crippen LogP contribution in [0.5, 0.6) is 0 Å². The highest BCUT2D eigenvalue weighted by Crippen LogP contribution is 2.09. The van der Waals surface area contributed by atoms with Gasteiger partial charge in [0.1, 0.15) is 0 Å². The number of piperidine rings is 1. The molecule has 4 heteroatoms. The van der Waals surface area contributed by atoms with Gasteiger partial charge in [0.2, 0.25) is 0 Å². The Balaban J connectivity index is 1.51. The van der Waals surface area contributed by atoms with Crippen molar-refractivity contribution in [2.45, 2.75) is 38.3 Å². The standard InChI is InChI=1S/C13H28N4/c14-13(17-9-2-1-3-10-17)12-15-6-11-16-7-4-5-8-16/h13,15H,1-12,14H2. The first kappa shape index (κ1) is 13.3. The van der Waals surface area contributed by atoms with Gasteiger partial charge in [0, 0.05) is 19.6 Å². The fourth-order valence-electron chi connectivity index (χ4n) is 2.87. The maximum Gasteiger partial charge on any atom is 0.0700 e. The Morgan fingerprint density at radius 2 is 1.59 bits per heavy atom. The second kappa shape index (κ2) is 7.31. The second-order valence-electron chi connectivity index (χ2n) is 5.42. The van der Waals surface area contributed by atoms with Gasteiger partial charge in [-0.25, -0.2) is 0 Å². The third kappa shape index (κ3) is 4.54. The van der Waals surface area contributed by atoms with Crippen molar-refractivity contribution in [3.8, 4) is 0 Å². The third-order valence-electron chi connectivity index (χ3n) is 4.02. The Morgan fingerprint density at radius 1 is 0.941 bits per heavy atom. The molecule has 0 bridgehead atoms. The van der Waals surface area contributed by atoms with E-state index < -0.39 is 0 Å². The lowest BCUT2D eigenvalue weighted by atomic mass is 10.1. The number of nitrogens with two attached hydrogens (primary N) is 1. The third-order valence-corrected chi connectivity index (χ3v) is 4.02. The lowest BCUT2D eigenvalue weighted by Crippen LogP contribution is -2.51. The molecule has 0 aliphatic carbocycles. The fourth-order valence-corrected chi connectivity index (χ4v) is 2.87. The van der Waals surface area contributed by atoms with Crippen molar-refractivity contribution in [3.63, 3.8) is 0 Å². The highest BCUT2D eigenvalue weighted by molar-refractivity contribution is 4.73. The molecule has 0 amide bonds. The van der Waals surface area contributed by atoms with Gasteiger partial charge in [-0.05, 0) is 51.9 Å². The van der Waals surface area contributed by atoms with Gasteiger partial charge in [0.25, 0.3) is 0 Å². The van der Waals surface area contributed by atoms with Crippen LogP contribution >= 0.6 is 0 Å². The Morgan fingerprint density at radius 3 is 2.29 bits per heavy atom. The van der Waals surface area contributed by atoms with E-state index in [2.05, 4.69) is 15.1 Å². The molecule has 0 aromatic rings. The number of rotatable bonds is 6. The number of likely N-dealkylation sites (tertiary alicyclic amines) is 2. The average Bonchev–Trinajstić information content (AvgIpc) is 2.88. The van der Waals surface area contributed by atoms with Gasteiger partial charge in [-0.1, -0.05) is 6.42 Å². The Kier molecular flexibility index (Phi) is 5.71. The summed E-state index contributed by atoms with van der Waals surface area (Å²) in [5.74, 6) is 0. The van der Waals surface area contributed by atoms with Crippen LogP contribution in [0, 0.1) is 0 Å². The minimum absolute atomic E-state index is 0.217. The van der Waals surface area contributed by atoms with Crippen molar-refractivity contribution in [2.24, 2.45) is 5.73 Å². The lowest BCUT2D eigenvalue weighted by Gasteiger charge is -2.32. The molecule has 100 valence electrons. The topological polar surface area (TPSA) is 44.5 Å². The van der Waals surface area contributed by atoms with Crippen molar-refractivity contribution in [3.05, 3.63) is 0 Å². The van der Waals surface area contributed by atoms with Gasteiger partial charge < -0.3 is 16.0 Å². The molecule has 0 saturated carbocycles. The van der Waals surface area contributed by atoms with Crippen LogP contribution in [0.3, 0.4) is 0 Å². The smallest absolute Gasteiger partial charge is 0.0700 e. The zero-order valence-electron chi connectivity index (χ0n) is 11.0. The normalized spacial score (nSPS) is 25.2. The number of nitrogens with zero attached hydrogens (tertiary/aromatic N) is 2. The van der Waals surface area contributed by atoms with Crippen molar-refractivity contribution in [1.29, 1.82) is 0 Å². The van der Waals surface area contributed by atoms with E-state index in [9.17, 15) is 0 Å². The Bertz CT molecular complexity index is 198. The van der Waals surface area contributed by atoms with Crippen LogP contribution in [-0.2, 0) is 0 Å². The van der Waals surface area contributed by atoms with E-state index in [4.69, 9.17) is 5.73 Å². The minimum Gasteiger partial charge on any atom is -0.315 e. The molecule has 2 fully saturated rings. The molecule has 0 radical (unpaired) electrons. The molecule has 1 atom stereocenters. The average molecular weight is 240 g/mol. The van der Waals surface area contributed by atoms with Crippen molar-refractivity contribution in [1.82, 2.24) is 15.1 Å². The van der Waals surface area contributed by atoms with Crippen LogP contribution in [0.15, 0.2) is 0 Å². The molecule has 0 spiro atoms. The molecule has 2 aliphatic rings. The number of hydrogen-bond donors (Lipinski definition) is 2. The Hall–Kier alpha value is -0.160. The van der Waals surface area contributed by atoms with Crippen LogP contribution in [0.25, 0.3) is 0 Å². The highest BCUT2D eigenvalue weighted by Gasteiger charge is 2.16. The monoisotopic (exact) mass is 240 g/mol. The first-order chi connectivity index (χ1) is 8.36. The molecule has 2 saturated heterocycles. The molecule has 2 heterocycles. The van der Waals surface area contributed by atoms with E-state index in [1.54, 1.807) is 0 Å². The number of nitrogens with one attached hydrogen (secondary N) is 1. The quantitative estimate of drug-likeness (QED) is 0.662. The van der Waals surface area contributed by atoms with Crippen LogP contribution in [0.4, 0.5) is 0 Å². The van der Waals surface area contributed by atoms with Crippen molar-refractivity contribution >= 4 is 0 Å². The van der Waals surface area contributed by atoms with Crippen LogP contribution in [-0.4, -0.2) is 61.8 Å². The molecular formula is C13H28N4. The maximum atomic E-state index is 6.19. The van der Waals surface area contributed by atoms with Gasteiger partial charge in [-0.2, -0.15) is 0 Å². The summed E-state index contributed by atoms with van der Waals surface area (Å²) in [5, 5.41) is 3.50. The zero-order valence-corrected chi connectivity index (χ0v) is 11.0. The van der Waals surface area contributed by atoms with E-state index >= 15 is 0 Å². The first-order valence-electron chi connectivity index (χ1n) is 7.29. The molecular weight excluding hydrogens is 212 g/mol. The molecule has 2 rings (SSSR count). The SMILES string of the molecule is NC(CNCCN1CCCC1)N1CCCCC1. The molecule has 3 N–H and O–H groups in total. The summed E-state index contributed by atoms with van der Waals surface area (Å²) in [6.45, 7) is 8.17. The van der Waals surface area contributed by atoms with Gasteiger partial charge in [0.05, 0.1) is 6.17 Å². The van der Waals surface area contributed by atoms with Gasteiger partial charge in [-0.3, -0.25) is 4.90 Å². The van der Waals surface area contributed by atoms with Crippen molar-refractivity contribution in [2.75, 3.05) is 45.8 Å². The summed E-state index contributed by atoms with van der Waals surface area (Å²) in [6.07, 6.45) is 7.00. The highest BCUT2D eigenvalue weighted by atomic mass is 15.2. The van der Waals surface area contributed by atoms with Crippen LogP contribution in [0.1, 0.15) is 32.1 Å². The first-order valence-corrected chi connectivity index (χ1v) is 7.29. The van der Waals surface area contributed by atoms with E-state index in [0.717, 1.165) is 13.1 Å². The molecule has 17 heavy (non-hydrogen) atoms. The Labute approximate surface area is 106 Å². The summed E-state index contributed by atoms with van der Waals surface area (Å²) < 4.78 is 0. The summed E-state index contributed by atoms with van der Waals surface area (Å²) in [7, 11) is 0. The van der Waals surface area contributed by atoms with Gasteiger partial charge in [-0.15, -0.1) is 0 Å². The molecule has 0 aromatic carbocycles. The maximum absolute atomic E-state index is 6.19. The number of hydrogen-bond acceptors (Lipinski definition) is 4. The summed E-state index contributed by atoms with van der Waals surface area (Å²) in [5.41, 5.74) is 6.19. The van der Waals surface area contributed by atoms with E-state index in [-0.39, 0.29) is 6.17 Å². The predicted octanol–water partition coefficient (Wildman–Crippen LogP) is 0.443. The van der Waals surface area contributed by atoms with E-state index in [1.807, 2.05) is 0 Å². The van der Waals surface area contributed by atoms with Gasteiger partial charge >= 0.3 is 0 Å². The molecule has 0 aromatic heterocycles. The van der Waals surface area contributed by atoms with Crippen molar-refractivity contribution < 1.29 is 0 Å². The molecule has 4 nitrogen and oxygen atoms in total. The van der Waals surface area contributed by atoms with Gasteiger partial charge in [0.15, 0.2) is 0 Å².